The fraction of sp³-hybridized carbons (Fsp3) is 0.304. The van der Waals surface area contributed by atoms with E-state index < -0.39 is 0 Å². The summed E-state index contributed by atoms with van der Waals surface area (Å²) in [5.74, 6) is 1.26. The van der Waals surface area contributed by atoms with Crippen LogP contribution in [-0.2, 0) is 17.6 Å². The maximum absolute atomic E-state index is 12.4. The normalized spacial score (nSPS) is 12.5. The van der Waals surface area contributed by atoms with Crippen LogP contribution in [0, 0.1) is 6.92 Å². The summed E-state index contributed by atoms with van der Waals surface area (Å²) in [6.07, 6.45) is 2.61. The summed E-state index contributed by atoms with van der Waals surface area (Å²) in [5, 5.41) is 3.74. The van der Waals surface area contributed by atoms with Crippen LogP contribution in [-0.4, -0.2) is 26.7 Å². The lowest BCUT2D eigenvalue weighted by Crippen LogP contribution is -2.20. The molecule has 4 rings (SSSR count). The molecule has 0 atom stereocenters. The van der Waals surface area contributed by atoms with Crippen molar-refractivity contribution in [3.8, 4) is 17.2 Å². The van der Waals surface area contributed by atoms with Gasteiger partial charge in [0.1, 0.15) is 11.3 Å². The fourth-order valence-corrected chi connectivity index (χ4v) is 3.80. The second kappa shape index (κ2) is 8.10. The predicted molar refractivity (Wildman–Crippen MR) is 113 cm³/mol. The molecule has 156 valence electrons. The quantitative estimate of drug-likeness (QED) is 0.626. The number of ether oxygens (including phenoxy) is 3. The Kier molecular flexibility index (Phi) is 5.35. The summed E-state index contributed by atoms with van der Waals surface area (Å²) in [4.78, 5) is 24.5. The zero-order chi connectivity index (χ0) is 21.3. The zero-order valence-corrected chi connectivity index (χ0v) is 17.2. The Morgan fingerprint density at radius 3 is 2.57 bits per heavy atom. The van der Waals surface area contributed by atoms with E-state index in [1.165, 1.54) is 7.11 Å². The number of methoxy groups -OCH3 is 2. The summed E-state index contributed by atoms with van der Waals surface area (Å²) in [6.45, 7) is 1.68. The minimum Gasteiger partial charge on any atom is -0.493 e. The van der Waals surface area contributed by atoms with Gasteiger partial charge in [-0.15, -0.1) is 0 Å². The first-order valence-corrected chi connectivity index (χ1v) is 9.74. The third-order valence-electron chi connectivity index (χ3n) is 5.32. The number of amides is 1. The molecule has 1 amide bonds. The third-order valence-corrected chi connectivity index (χ3v) is 5.32. The van der Waals surface area contributed by atoms with Crippen molar-refractivity contribution in [2.75, 3.05) is 26.1 Å². The number of benzene rings is 2. The molecule has 30 heavy (non-hydrogen) atoms. The van der Waals surface area contributed by atoms with Gasteiger partial charge in [-0.3, -0.25) is 4.79 Å². The number of nitrogens with one attached hydrogen (secondary N) is 1. The van der Waals surface area contributed by atoms with Crippen LogP contribution in [0.25, 0.3) is 11.0 Å². The van der Waals surface area contributed by atoms with E-state index in [9.17, 15) is 9.59 Å². The molecule has 1 N–H and O–H groups in total. The highest BCUT2D eigenvalue weighted by Crippen LogP contribution is 2.33. The number of hydrogen-bond donors (Lipinski definition) is 1. The molecule has 1 aliphatic rings. The van der Waals surface area contributed by atoms with Crippen molar-refractivity contribution in [2.45, 2.75) is 26.2 Å². The van der Waals surface area contributed by atoms with E-state index in [-0.39, 0.29) is 18.1 Å². The molecular formula is C23H23NO6. The molecule has 0 spiro atoms. The maximum Gasteiger partial charge on any atom is 0.339 e. The molecule has 0 saturated heterocycles. The number of rotatable bonds is 6. The highest BCUT2D eigenvalue weighted by molar-refractivity contribution is 5.93. The standard InChI is InChI=1S/C23H23NO6/c1-13-9-20(27-2)21(28-3)11-18(13)24-22(25)12-29-14-7-8-16-15-5-4-6-17(15)23(26)30-19(16)10-14/h7-11H,4-6,12H2,1-3H3,(H,24,25). The van der Waals surface area contributed by atoms with Gasteiger partial charge >= 0.3 is 5.63 Å². The van der Waals surface area contributed by atoms with Crippen molar-refractivity contribution >= 4 is 22.6 Å². The van der Waals surface area contributed by atoms with Gasteiger partial charge in [-0.25, -0.2) is 4.79 Å². The molecule has 0 radical (unpaired) electrons. The SMILES string of the molecule is COc1cc(C)c(NC(=O)COc2ccc3c4c(c(=O)oc3c2)CCC4)cc1OC. The lowest BCUT2D eigenvalue weighted by Gasteiger charge is -2.14. The predicted octanol–water partition coefficient (Wildman–Crippen LogP) is 3.62. The average Bonchev–Trinajstić information content (AvgIpc) is 3.24. The van der Waals surface area contributed by atoms with Gasteiger partial charge in [-0.1, -0.05) is 0 Å². The lowest BCUT2D eigenvalue weighted by molar-refractivity contribution is -0.118. The first-order chi connectivity index (χ1) is 14.5. The van der Waals surface area contributed by atoms with Gasteiger partial charge in [0.2, 0.25) is 0 Å². The second-order valence-electron chi connectivity index (χ2n) is 7.22. The summed E-state index contributed by atoms with van der Waals surface area (Å²) in [7, 11) is 3.10. The van der Waals surface area contributed by atoms with Gasteiger partial charge in [0, 0.05) is 28.8 Å². The van der Waals surface area contributed by atoms with E-state index in [0.717, 1.165) is 41.3 Å². The largest absolute Gasteiger partial charge is 0.493 e. The first-order valence-electron chi connectivity index (χ1n) is 9.74. The van der Waals surface area contributed by atoms with E-state index in [0.29, 0.717) is 28.5 Å². The second-order valence-corrected chi connectivity index (χ2v) is 7.22. The van der Waals surface area contributed by atoms with Crippen molar-refractivity contribution in [3.05, 3.63) is 57.4 Å². The van der Waals surface area contributed by atoms with Crippen LogP contribution in [0.5, 0.6) is 17.2 Å². The highest BCUT2D eigenvalue weighted by Gasteiger charge is 2.20. The minimum atomic E-state index is -0.319. The molecule has 0 fully saturated rings. The fourth-order valence-electron chi connectivity index (χ4n) is 3.80. The maximum atomic E-state index is 12.4. The van der Waals surface area contributed by atoms with E-state index in [2.05, 4.69) is 5.32 Å². The van der Waals surface area contributed by atoms with Crippen LogP contribution in [0.1, 0.15) is 23.1 Å². The van der Waals surface area contributed by atoms with Crippen molar-refractivity contribution in [3.63, 3.8) is 0 Å². The van der Waals surface area contributed by atoms with Gasteiger partial charge in [0.25, 0.3) is 5.91 Å². The van der Waals surface area contributed by atoms with Crippen LogP contribution in [0.4, 0.5) is 5.69 Å². The third kappa shape index (κ3) is 3.70. The van der Waals surface area contributed by atoms with Crippen molar-refractivity contribution in [1.82, 2.24) is 0 Å². The van der Waals surface area contributed by atoms with Gasteiger partial charge in [-0.2, -0.15) is 0 Å². The number of aryl methyl sites for hydroxylation is 2. The Morgan fingerprint density at radius 2 is 1.80 bits per heavy atom. The molecule has 0 saturated carbocycles. The summed E-state index contributed by atoms with van der Waals surface area (Å²) in [6, 6.07) is 8.82. The molecule has 0 bridgehead atoms. The minimum absolute atomic E-state index is 0.186. The molecule has 3 aromatic rings. The monoisotopic (exact) mass is 409 g/mol. The molecular weight excluding hydrogens is 386 g/mol. The molecule has 7 heteroatoms. The molecule has 1 heterocycles. The molecule has 1 aromatic heterocycles. The summed E-state index contributed by atoms with van der Waals surface area (Å²) < 4.78 is 21.6. The Bertz CT molecular complexity index is 1180. The van der Waals surface area contributed by atoms with E-state index in [4.69, 9.17) is 18.6 Å². The Hall–Kier alpha value is -3.48. The molecule has 0 unspecified atom stereocenters. The van der Waals surface area contributed by atoms with Gasteiger partial charge in [-0.05, 0) is 55.5 Å². The summed E-state index contributed by atoms with van der Waals surface area (Å²) >= 11 is 0. The van der Waals surface area contributed by atoms with Crippen molar-refractivity contribution in [1.29, 1.82) is 0 Å². The number of hydrogen-bond acceptors (Lipinski definition) is 6. The zero-order valence-electron chi connectivity index (χ0n) is 17.2. The number of carbonyl (C=O) groups is 1. The van der Waals surface area contributed by atoms with Gasteiger partial charge in [0.15, 0.2) is 18.1 Å². The topological polar surface area (TPSA) is 87.0 Å². The van der Waals surface area contributed by atoms with E-state index >= 15 is 0 Å². The van der Waals surface area contributed by atoms with E-state index in [1.807, 2.05) is 13.0 Å². The van der Waals surface area contributed by atoms with Gasteiger partial charge in [0.05, 0.1) is 14.2 Å². The summed E-state index contributed by atoms with van der Waals surface area (Å²) in [5.41, 5.74) is 3.49. The molecule has 7 nitrogen and oxygen atoms in total. The van der Waals surface area contributed by atoms with Gasteiger partial charge < -0.3 is 23.9 Å². The van der Waals surface area contributed by atoms with Crippen LogP contribution >= 0.6 is 0 Å². The Balaban J connectivity index is 1.47. The van der Waals surface area contributed by atoms with E-state index in [1.54, 1.807) is 31.4 Å². The lowest BCUT2D eigenvalue weighted by atomic mass is 10.1. The van der Waals surface area contributed by atoms with Crippen LogP contribution < -0.4 is 25.2 Å². The van der Waals surface area contributed by atoms with Crippen molar-refractivity contribution < 1.29 is 23.4 Å². The highest BCUT2D eigenvalue weighted by atomic mass is 16.5. The number of fused-ring (bicyclic) bond motifs is 3. The van der Waals surface area contributed by atoms with Crippen molar-refractivity contribution in [2.24, 2.45) is 0 Å². The molecule has 1 aliphatic carbocycles. The van der Waals surface area contributed by atoms with Crippen LogP contribution in [0.3, 0.4) is 0 Å². The first kappa shape index (κ1) is 19.8. The average molecular weight is 409 g/mol. The number of carbonyl (C=O) groups excluding carboxylic acids is 1. The molecule has 2 aromatic carbocycles. The smallest absolute Gasteiger partial charge is 0.339 e. The Labute approximate surface area is 173 Å². The van der Waals surface area contributed by atoms with Crippen LogP contribution in [0.2, 0.25) is 0 Å². The van der Waals surface area contributed by atoms with Crippen LogP contribution in [0.15, 0.2) is 39.5 Å². The Morgan fingerprint density at radius 1 is 1.07 bits per heavy atom. The number of anilines is 1. The molecule has 0 aliphatic heterocycles.